The summed E-state index contributed by atoms with van der Waals surface area (Å²) >= 11 is 12.2. The first-order chi connectivity index (χ1) is 15.0. The molecule has 6 heteroatoms. The molecular formula is C25H30Cl2N4. The van der Waals surface area contributed by atoms with Crippen molar-refractivity contribution in [3.05, 3.63) is 64.1 Å². The summed E-state index contributed by atoms with van der Waals surface area (Å²) in [6, 6.07) is 16.7. The standard InChI is InChI=1S/C25H30Cl2N4/c1-31(2)24-14-25(30-23-6-4-3-5-22(23)24)29-21-9-7-17(8-10-21)15-28-16-18-11-19(26)13-20(27)12-18/h3-6,11-14,17,21,28H,7-10,15-16H2,1-2H3,(H,29,30)/t17-,21+. The number of para-hydroxylation sites is 1. The summed E-state index contributed by atoms with van der Waals surface area (Å²) < 4.78 is 0. The number of aromatic nitrogens is 1. The Morgan fingerprint density at radius 1 is 0.968 bits per heavy atom. The van der Waals surface area contributed by atoms with Gasteiger partial charge < -0.3 is 15.5 Å². The SMILES string of the molecule is CN(C)c1cc(N[C@H]2CC[C@@H](CNCc3cc(Cl)cc(Cl)c3)CC2)nc2ccccc12. The summed E-state index contributed by atoms with van der Waals surface area (Å²) in [7, 11) is 4.17. The first-order valence-corrected chi connectivity index (χ1v) is 11.7. The van der Waals surface area contributed by atoms with Gasteiger partial charge in [0.1, 0.15) is 5.82 Å². The molecule has 1 saturated carbocycles. The van der Waals surface area contributed by atoms with Crippen LogP contribution < -0.4 is 15.5 Å². The van der Waals surface area contributed by atoms with Crippen molar-refractivity contribution in [3.8, 4) is 0 Å². The third-order valence-electron chi connectivity index (χ3n) is 6.06. The van der Waals surface area contributed by atoms with Crippen LogP contribution in [0.1, 0.15) is 31.2 Å². The van der Waals surface area contributed by atoms with Crippen LogP contribution in [0.5, 0.6) is 0 Å². The van der Waals surface area contributed by atoms with Crippen molar-refractivity contribution in [2.45, 2.75) is 38.3 Å². The lowest BCUT2D eigenvalue weighted by Crippen LogP contribution is -2.31. The first-order valence-electron chi connectivity index (χ1n) is 11.0. The van der Waals surface area contributed by atoms with Gasteiger partial charge in [0.05, 0.1) is 5.52 Å². The fourth-order valence-corrected chi connectivity index (χ4v) is 5.03. The van der Waals surface area contributed by atoms with Crippen molar-refractivity contribution >= 4 is 45.6 Å². The number of hydrogen-bond acceptors (Lipinski definition) is 4. The Bertz CT molecular complexity index is 1010. The van der Waals surface area contributed by atoms with E-state index < -0.39 is 0 Å². The maximum absolute atomic E-state index is 6.09. The molecule has 4 rings (SSSR count). The number of halogens is 2. The maximum Gasteiger partial charge on any atom is 0.128 e. The topological polar surface area (TPSA) is 40.2 Å². The maximum atomic E-state index is 6.09. The highest BCUT2D eigenvalue weighted by Crippen LogP contribution is 2.30. The molecule has 4 nitrogen and oxygen atoms in total. The second-order valence-corrected chi connectivity index (χ2v) is 9.58. The van der Waals surface area contributed by atoms with Crippen molar-refractivity contribution in [1.82, 2.24) is 10.3 Å². The van der Waals surface area contributed by atoms with Gasteiger partial charge in [-0.1, -0.05) is 41.4 Å². The Hall–Kier alpha value is -2.01. The molecule has 0 atom stereocenters. The van der Waals surface area contributed by atoms with Crippen LogP contribution in [-0.4, -0.2) is 31.7 Å². The fourth-order valence-electron chi connectivity index (χ4n) is 4.45. The van der Waals surface area contributed by atoms with Gasteiger partial charge in [0.2, 0.25) is 0 Å². The van der Waals surface area contributed by atoms with E-state index in [0.717, 1.165) is 30.0 Å². The Morgan fingerprint density at radius 2 is 1.68 bits per heavy atom. The van der Waals surface area contributed by atoms with Crippen LogP contribution in [0.15, 0.2) is 48.5 Å². The molecule has 31 heavy (non-hydrogen) atoms. The van der Waals surface area contributed by atoms with Gasteiger partial charge in [0.15, 0.2) is 0 Å². The molecule has 2 N–H and O–H groups in total. The molecule has 0 unspecified atom stereocenters. The lowest BCUT2D eigenvalue weighted by molar-refractivity contribution is 0.324. The minimum Gasteiger partial charge on any atom is -0.377 e. The monoisotopic (exact) mass is 456 g/mol. The highest BCUT2D eigenvalue weighted by atomic mass is 35.5. The number of nitrogens with one attached hydrogen (secondary N) is 2. The van der Waals surface area contributed by atoms with Crippen molar-refractivity contribution in [2.75, 3.05) is 30.9 Å². The van der Waals surface area contributed by atoms with Crippen LogP contribution in [0.25, 0.3) is 10.9 Å². The third-order valence-corrected chi connectivity index (χ3v) is 6.50. The van der Waals surface area contributed by atoms with Crippen LogP contribution >= 0.6 is 23.2 Å². The molecule has 0 radical (unpaired) electrons. The van der Waals surface area contributed by atoms with E-state index in [1.165, 1.54) is 36.8 Å². The second kappa shape index (κ2) is 10.1. The predicted octanol–water partition coefficient (Wildman–Crippen LogP) is 6.37. The van der Waals surface area contributed by atoms with Crippen LogP contribution in [0.4, 0.5) is 11.5 Å². The van der Waals surface area contributed by atoms with Crippen molar-refractivity contribution < 1.29 is 0 Å². The number of pyridine rings is 1. The third kappa shape index (κ3) is 5.82. The van der Waals surface area contributed by atoms with Gasteiger partial charge in [0, 0.05) is 53.9 Å². The molecule has 164 valence electrons. The average molecular weight is 457 g/mol. The smallest absolute Gasteiger partial charge is 0.128 e. The Kier molecular flexibility index (Phi) is 7.21. The van der Waals surface area contributed by atoms with E-state index in [-0.39, 0.29) is 0 Å². The number of benzene rings is 2. The molecule has 0 spiro atoms. The molecule has 3 aromatic rings. The van der Waals surface area contributed by atoms with Gasteiger partial charge in [-0.3, -0.25) is 0 Å². The van der Waals surface area contributed by atoms with E-state index in [4.69, 9.17) is 28.2 Å². The first kappa shape index (κ1) is 22.2. The van der Waals surface area contributed by atoms with Crippen LogP contribution in [0.3, 0.4) is 0 Å². The van der Waals surface area contributed by atoms with Crippen molar-refractivity contribution in [3.63, 3.8) is 0 Å². The number of fused-ring (bicyclic) bond motifs is 1. The van der Waals surface area contributed by atoms with Gasteiger partial charge in [-0.05, 0) is 68.0 Å². The van der Waals surface area contributed by atoms with Crippen LogP contribution in [-0.2, 0) is 6.54 Å². The number of nitrogens with zero attached hydrogens (tertiary/aromatic N) is 2. The predicted molar refractivity (Wildman–Crippen MR) is 134 cm³/mol. The Balaban J connectivity index is 1.29. The fraction of sp³-hybridized carbons (Fsp3) is 0.400. The summed E-state index contributed by atoms with van der Waals surface area (Å²) in [5, 5.41) is 9.84. The molecule has 0 amide bonds. The highest BCUT2D eigenvalue weighted by Gasteiger charge is 2.21. The van der Waals surface area contributed by atoms with E-state index >= 15 is 0 Å². The number of anilines is 2. The summed E-state index contributed by atoms with van der Waals surface area (Å²) in [5.74, 6) is 1.68. The van der Waals surface area contributed by atoms with E-state index in [1.807, 2.05) is 18.2 Å². The molecule has 0 aliphatic heterocycles. The lowest BCUT2D eigenvalue weighted by Gasteiger charge is -2.30. The number of hydrogen-bond donors (Lipinski definition) is 2. The minimum atomic E-state index is 0.478. The molecule has 1 aliphatic rings. The molecule has 1 heterocycles. The highest BCUT2D eigenvalue weighted by molar-refractivity contribution is 6.34. The Labute approximate surface area is 194 Å². The summed E-state index contributed by atoms with van der Waals surface area (Å²) in [6.07, 6.45) is 4.77. The molecule has 0 saturated heterocycles. The minimum absolute atomic E-state index is 0.478. The average Bonchev–Trinajstić information content (AvgIpc) is 2.73. The van der Waals surface area contributed by atoms with Gasteiger partial charge in [0.25, 0.3) is 0 Å². The zero-order chi connectivity index (χ0) is 21.8. The Morgan fingerprint density at radius 3 is 2.39 bits per heavy atom. The summed E-state index contributed by atoms with van der Waals surface area (Å²) in [4.78, 5) is 7.01. The van der Waals surface area contributed by atoms with Crippen LogP contribution in [0, 0.1) is 5.92 Å². The zero-order valence-corrected chi connectivity index (χ0v) is 19.7. The van der Waals surface area contributed by atoms with E-state index in [1.54, 1.807) is 6.07 Å². The number of rotatable bonds is 7. The van der Waals surface area contributed by atoms with Crippen molar-refractivity contribution in [2.24, 2.45) is 5.92 Å². The normalized spacial score (nSPS) is 18.8. The second-order valence-electron chi connectivity index (χ2n) is 8.71. The summed E-state index contributed by atoms with van der Waals surface area (Å²) in [6.45, 7) is 1.82. The van der Waals surface area contributed by atoms with Gasteiger partial charge >= 0.3 is 0 Å². The molecule has 2 aromatic carbocycles. The lowest BCUT2D eigenvalue weighted by atomic mass is 9.86. The molecule has 1 aromatic heterocycles. The van der Waals surface area contributed by atoms with Crippen molar-refractivity contribution in [1.29, 1.82) is 0 Å². The van der Waals surface area contributed by atoms with Gasteiger partial charge in [-0.25, -0.2) is 4.98 Å². The van der Waals surface area contributed by atoms with Gasteiger partial charge in [-0.2, -0.15) is 0 Å². The molecule has 0 bridgehead atoms. The zero-order valence-electron chi connectivity index (χ0n) is 18.2. The largest absolute Gasteiger partial charge is 0.377 e. The van der Waals surface area contributed by atoms with E-state index in [2.05, 4.69) is 53.9 Å². The molecule has 1 aliphatic carbocycles. The quantitative estimate of drug-likeness (QED) is 0.433. The van der Waals surface area contributed by atoms with E-state index in [9.17, 15) is 0 Å². The van der Waals surface area contributed by atoms with Gasteiger partial charge in [-0.15, -0.1) is 0 Å². The molecular weight excluding hydrogens is 427 g/mol. The summed E-state index contributed by atoms with van der Waals surface area (Å²) in [5.41, 5.74) is 3.37. The molecule has 1 fully saturated rings. The van der Waals surface area contributed by atoms with E-state index in [0.29, 0.717) is 22.0 Å². The van der Waals surface area contributed by atoms with Crippen LogP contribution in [0.2, 0.25) is 10.0 Å².